The summed E-state index contributed by atoms with van der Waals surface area (Å²) in [6.45, 7) is 1.92. The summed E-state index contributed by atoms with van der Waals surface area (Å²) in [5.41, 5.74) is 2.99. The second-order valence-electron chi connectivity index (χ2n) is 5.37. The van der Waals surface area contributed by atoms with Crippen LogP contribution in [0.3, 0.4) is 0 Å². The van der Waals surface area contributed by atoms with Crippen molar-refractivity contribution in [2.45, 2.75) is 13.3 Å². The number of halogens is 3. The maximum Gasteiger partial charge on any atom is 0.168 e. The number of anilines is 1. The molecule has 6 heteroatoms. The first kappa shape index (κ1) is 19.7. The Bertz CT molecular complexity index is 832. The van der Waals surface area contributed by atoms with Crippen LogP contribution in [0.25, 0.3) is 5.70 Å². The van der Waals surface area contributed by atoms with Crippen molar-refractivity contribution >= 4 is 62.5 Å². The molecule has 0 aliphatic carbocycles. The first-order valence-corrected chi connectivity index (χ1v) is 9.15. The smallest absolute Gasteiger partial charge is 0.168 e. The van der Waals surface area contributed by atoms with Gasteiger partial charge < -0.3 is 4.90 Å². The summed E-state index contributed by atoms with van der Waals surface area (Å²) in [5.74, 6) is 0. The van der Waals surface area contributed by atoms with Gasteiger partial charge in [0.25, 0.3) is 0 Å². The van der Waals surface area contributed by atoms with E-state index < -0.39 is 0 Å². The Kier molecular flexibility index (Phi) is 6.82. The minimum atomic E-state index is -0.0441. The highest BCUT2D eigenvalue weighted by Gasteiger charge is 2.19. The van der Waals surface area contributed by atoms with Crippen molar-refractivity contribution in [2.24, 2.45) is 0 Å². The van der Waals surface area contributed by atoms with E-state index in [0.717, 1.165) is 21.4 Å². The maximum absolute atomic E-state index is 11.2. The van der Waals surface area contributed by atoms with Gasteiger partial charge in [-0.3, -0.25) is 10.2 Å². The number of carbonyl (C=O) groups excluding carboxylic acids is 1. The SMILES string of the molecule is CC/C(C(=N)C=O)=C(\c1ccc(Br)cc1)N(C)c1ccc(Cl)cc1Cl. The fraction of sp³-hybridized carbons (Fsp3) is 0.158. The number of hydrogen-bond acceptors (Lipinski definition) is 3. The number of rotatable bonds is 6. The Morgan fingerprint density at radius 3 is 2.36 bits per heavy atom. The second kappa shape index (κ2) is 8.65. The minimum Gasteiger partial charge on any atom is -0.343 e. The summed E-state index contributed by atoms with van der Waals surface area (Å²) in [6.07, 6.45) is 1.10. The monoisotopic (exact) mass is 438 g/mol. The molecule has 0 aromatic heterocycles. The third-order valence-electron chi connectivity index (χ3n) is 3.81. The van der Waals surface area contributed by atoms with E-state index in [4.69, 9.17) is 28.6 Å². The Labute approximate surface area is 165 Å². The molecule has 1 N–H and O–H groups in total. The van der Waals surface area contributed by atoms with Crippen LogP contribution >= 0.6 is 39.1 Å². The lowest BCUT2D eigenvalue weighted by Gasteiger charge is -2.27. The average Bonchev–Trinajstić information content (AvgIpc) is 2.59. The average molecular weight is 440 g/mol. The number of aldehydes is 1. The Morgan fingerprint density at radius 1 is 1.20 bits per heavy atom. The molecule has 130 valence electrons. The number of allylic oxidation sites excluding steroid dienone is 1. The van der Waals surface area contributed by atoms with Gasteiger partial charge in [0.15, 0.2) is 6.29 Å². The fourth-order valence-corrected chi connectivity index (χ4v) is 3.41. The molecule has 2 aromatic rings. The van der Waals surface area contributed by atoms with Crippen molar-refractivity contribution < 1.29 is 4.79 Å². The van der Waals surface area contributed by atoms with Crippen LogP contribution in [0.1, 0.15) is 18.9 Å². The normalized spacial score (nSPS) is 11.7. The molecule has 0 radical (unpaired) electrons. The van der Waals surface area contributed by atoms with Gasteiger partial charge in [-0.05, 0) is 42.3 Å². The van der Waals surface area contributed by atoms with Gasteiger partial charge >= 0.3 is 0 Å². The Morgan fingerprint density at radius 2 is 1.84 bits per heavy atom. The van der Waals surface area contributed by atoms with Crippen molar-refractivity contribution in [2.75, 3.05) is 11.9 Å². The van der Waals surface area contributed by atoms with E-state index >= 15 is 0 Å². The zero-order valence-electron chi connectivity index (χ0n) is 13.8. The van der Waals surface area contributed by atoms with E-state index in [0.29, 0.717) is 28.3 Å². The molecule has 0 saturated heterocycles. The van der Waals surface area contributed by atoms with Gasteiger partial charge in [0.1, 0.15) is 0 Å². The molecular weight excluding hydrogens is 423 g/mol. The fourth-order valence-electron chi connectivity index (χ4n) is 2.61. The van der Waals surface area contributed by atoms with Gasteiger partial charge in [0.05, 0.1) is 22.1 Å². The third-order valence-corrected chi connectivity index (χ3v) is 4.87. The highest BCUT2D eigenvalue weighted by Crippen LogP contribution is 2.35. The number of carbonyl (C=O) groups is 1. The van der Waals surface area contributed by atoms with Gasteiger partial charge in [-0.2, -0.15) is 0 Å². The molecule has 2 aromatic carbocycles. The van der Waals surface area contributed by atoms with Gasteiger partial charge in [0, 0.05) is 22.1 Å². The van der Waals surface area contributed by atoms with E-state index in [1.54, 1.807) is 12.1 Å². The second-order valence-corrected chi connectivity index (χ2v) is 7.13. The molecule has 2 rings (SSSR count). The van der Waals surface area contributed by atoms with Crippen LogP contribution in [0.5, 0.6) is 0 Å². The molecule has 0 saturated carbocycles. The van der Waals surface area contributed by atoms with Crippen molar-refractivity contribution in [3.8, 4) is 0 Å². The van der Waals surface area contributed by atoms with Gasteiger partial charge in [0.2, 0.25) is 0 Å². The standard InChI is InChI=1S/C19H17BrCl2N2O/c1-3-15(17(23)11-25)19(12-4-6-13(20)7-5-12)24(2)18-9-8-14(21)10-16(18)22/h4-11,23H,3H2,1-2H3/b19-15-,23-17?. The van der Waals surface area contributed by atoms with E-state index in [9.17, 15) is 4.79 Å². The van der Waals surface area contributed by atoms with Crippen LogP contribution in [0.15, 0.2) is 52.5 Å². The summed E-state index contributed by atoms with van der Waals surface area (Å²) in [7, 11) is 1.86. The Balaban J connectivity index is 2.69. The van der Waals surface area contributed by atoms with E-state index in [2.05, 4.69) is 15.9 Å². The van der Waals surface area contributed by atoms with Gasteiger partial charge in [-0.15, -0.1) is 0 Å². The lowest BCUT2D eigenvalue weighted by molar-refractivity contribution is -0.102. The third kappa shape index (κ3) is 4.51. The molecule has 0 heterocycles. The van der Waals surface area contributed by atoms with Crippen LogP contribution < -0.4 is 4.90 Å². The highest BCUT2D eigenvalue weighted by molar-refractivity contribution is 9.10. The molecule has 0 bridgehead atoms. The highest BCUT2D eigenvalue weighted by atomic mass is 79.9. The summed E-state index contributed by atoms with van der Waals surface area (Å²) in [6, 6.07) is 13.0. The molecule has 0 aliphatic rings. The van der Waals surface area contributed by atoms with Crippen LogP contribution in [0.4, 0.5) is 5.69 Å². The van der Waals surface area contributed by atoms with Crippen LogP contribution in [0, 0.1) is 5.41 Å². The lowest BCUT2D eigenvalue weighted by Crippen LogP contribution is -2.20. The van der Waals surface area contributed by atoms with Crippen LogP contribution in [-0.2, 0) is 4.79 Å². The summed E-state index contributed by atoms with van der Waals surface area (Å²) in [5, 5.41) is 9.09. The molecule has 0 amide bonds. The molecule has 0 fully saturated rings. The van der Waals surface area contributed by atoms with Gasteiger partial charge in [-0.25, -0.2) is 0 Å². The molecule has 0 aliphatic heterocycles. The molecule has 3 nitrogen and oxygen atoms in total. The van der Waals surface area contributed by atoms with Crippen molar-refractivity contribution in [3.63, 3.8) is 0 Å². The zero-order chi connectivity index (χ0) is 18.6. The minimum absolute atomic E-state index is 0.0441. The quantitative estimate of drug-likeness (QED) is 0.428. The molecule has 25 heavy (non-hydrogen) atoms. The van der Waals surface area contributed by atoms with E-state index in [-0.39, 0.29) is 5.71 Å². The van der Waals surface area contributed by atoms with Crippen molar-refractivity contribution in [3.05, 3.63) is 68.1 Å². The summed E-state index contributed by atoms with van der Waals surface area (Å²) >= 11 is 15.8. The molecule has 0 unspecified atom stereocenters. The molecule has 0 atom stereocenters. The van der Waals surface area contributed by atoms with Crippen LogP contribution in [0.2, 0.25) is 10.0 Å². The largest absolute Gasteiger partial charge is 0.343 e. The summed E-state index contributed by atoms with van der Waals surface area (Å²) in [4.78, 5) is 13.1. The number of nitrogens with zero attached hydrogens (tertiary/aromatic N) is 1. The lowest BCUT2D eigenvalue weighted by atomic mass is 9.99. The predicted molar refractivity (Wildman–Crippen MR) is 110 cm³/mol. The van der Waals surface area contributed by atoms with Crippen LogP contribution in [-0.4, -0.2) is 19.0 Å². The Hall–Kier alpha value is -1.62. The number of hydrogen-bond donors (Lipinski definition) is 1. The molecular formula is C19H17BrCl2N2O. The van der Waals surface area contributed by atoms with Crippen molar-refractivity contribution in [1.82, 2.24) is 0 Å². The maximum atomic E-state index is 11.2. The van der Waals surface area contributed by atoms with E-state index in [1.807, 2.05) is 49.2 Å². The van der Waals surface area contributed by atoms with E-state index in [1.165, 1.54) is 0 Å². The summed E-state index contributed by atoms with van der Waals surface area (Å²) < 4.78 is 0.950. The van der Waals surface area contributed by atoms with Gasteiger partial charge in [-0.1, -0.05) is 58.2 Å². The predicted octanol–water partition coefficient (Wildman–Crippen LogP) is 6.23. The van der Waals surface area contributed by atoms with Crippen molar-refractivity contribution in [1.29, 1.82) is 5.41 Å². The molecule has 0 spiro atoms. The first-order valence-electron chi connectivity index (χ1n) is 7.61. The zero-order valence-corrected chi connectivity index (χ0v) is 16.9. The topological polar surface area (TPSA) is 44.2 Å². The number of benzene rings is 2. The number of nitrogens with one attached hydrogen (secondary N) is 1. The first-order chi connectivity index (χ1) is 11.9.